The molecule has 0 saturated carbocycles. The number of rotatable bonds is 2. The number of fused-ring (bicyclic) bond motifs is 1. The third-order valence-corrected chi connectivity index (χ3v) is 4.01. The topological polar surface area (TPSA) is 32.5 Å². The maximum atomic E-state index is 5.21. The normalized spacial score (nSPS) is 27.6. The summed E-state index contributed by atoms with van der Waals surface area (Å²) in [6.45, 7) is 5.89. The summed E-state index contributed by atoms with van der Waals surface area (Å²) in [5, 5.41) is 3.78. The summed E-state index contributed by atoms with van der Waals surface area (Å²) in [5.41, 5.74) is 0. The molecule has 17 heavy (non-hydrogen) atoms. The lowest BCUT2D eigenvalue weighted by Gasteiger charge is -2.35. The second-order valence-electron chi connectivity index (χ2n) is 5.25. The molecule has 0 radical (unpaired) electrons. The number of hydrogen-bond donors (Lipinski definition) is 0. The summed E-state index contributed by atoms with van der Waals surface area (Å²) in [5.74, 6) is 0.995. The molecule has 2 aliphatic heterocycles. The largest absolute Gasteiger partial charge is 0.360 e. The average molecular weight is 235 g/mol. The highest BCUT2D eigenvalue weighted by molar-refractivity contribution is 4.94. The standard InChI is InChI=1S/C13H21N3O/c1-2-8-16-9-3-7-15(10-12(16)4-1)11-13-5-6-14-17-13/h5-6,12H,1-4,7-11H2. The molecule has 4 heteroatoms. The molecule has 0 spiro atoms. The van der Waals surface area contributed by atoms with Crippen molar-refractivity contribution in [2.24, 2.45) is 0 Å². The van der Waals surface area contributed by atoms with Crippen LogP contribution in [0.4, 0.5) is 0 Å². The van der Waals surface area contributed by atoms with Gasteiger partial charge in [0.05, 0.1) is 12.7 Å². The summed E-state index contributed by atoms with van der Waals surface area (Å²) in [6, 6.07) is 2.75. The molecule has 1 atom stereocenters. The Bertz CT molecular complexity index is 338. The molecule has 4 nitrogen and oxygen atoms in total. The second kappa shape index (κ2) is 5.19. The average Bonchev–Trinajstić information content (AvgIpc) is 2.76. The van der Waals surface area contributed by atoms with Crippen molar-refractivity contribution in [2.75, 3.05) is 26.2 Å². The molecule has 2 saturated heterocycles. The Labute approximate surface area is 103 Å². The molecule has 0 amide bonds. The van der Waals surface area contributed by atoms with E-state index in [-0.39, 0.29) is 0 Å². The molecule has 1 aromatic rings. The van der Waals surface area contributed by atoms with Crippen molar-refractivity contribution in [3.63, 3.8) is 0 Å². The molecule has 0 aliphatic carbocycles. The zero-order valence-electron chi connectivity index (χ0n) is 10.3. The van der Waals surface area contributed by atoms with E-state index >= 15 is 0 Å². The minimum absolute atomic E-state index is 0.772. The molecule has 3 rings (SSSR count). The van der Waals surface area contributed by atoms with Crippen molar-refractivity contribution in [1.82, 2.24) is 15.0 Å². The van der Waals surface area contributed by atoms with Crippen LogP contribution < -0.4 is 0 Å². The van der Waals surface area contributed by atoms with E-state index in [1.807, 2.05) is 6.07 Å². The van der Waals surface area contributed by atoms with Crippen LogP contribution in [0.1, 0.15) is 31.4 Å². The molecular formula is C13H21N3O. The molecule has 3 heterocycles. The molecule has 2 fully saturated rings. The zero-order chi connectivity index (χ0) is 11.5. The first kappa shape index (κ1) is 11.2. The molecule has 1 unspecified atom stereocenters. The SMILES string of the molecule is c1cc(CN2CCCN3CCCCC3C2)on1. The van der Waals surface area contributed by atoms with Crippen molar-refractivity contribution in [3.8, 4) is 0 Å². The van der Waals surface area contributed by atoms with Crippen molar-refractivity contribution in [3.05, 3.63) is 18.0 Å². The quantitative estimate of drug-likeness (QED) is 0.781. The molecule has 0 bridgehead atoms. The van der Waals surface area contributed by atoms with Gasteiger partial charge in [0.2, 0.25) is 0 Å². The molecule has 0 N–H and O–H groups in total. The lowest BCUT2D eigenvalue weighted by molar-refractivity contribution is 0.131. The Morgan fingerprint density at radius 1 is 1.24 bits per heavy atom. The van der Waals surface area contributed by atoms with Gasteiger partial charge in [0.15, 0.2) is 5.76 Å². The highest BCUT2D eigenvalue weighted by atomic mass is 16.5. The van der Waals surface area contributed by atoms with Gasteiger partial charge >= 0.3 is 0 Å². The Morgan fingerprint density at radius 3 is 3.06 bits per heavy atom. The fourth-order valence-corrected chi connectivity index (χ4v) is 3.14. The van der Waals surface area contributed by atoms with Gasteiger partial charge in [0, 0.05) is 18.7 Å². The van der Waals surface area contributed by atoms with Gasteiger partial charge in [0.1, 0.15) is 0 Å². The van der Waals surface area contributed by atoms with Crippen LogP contribution in [0.25, 0.3) is 0 Å². The third kappa shape index (κ3) is 2.69. The van der Waals surface area contributed by atoms with E-state index in [9.17, 15) is 0 Å². The summed E-state index contributed by atoms with van der Waals surface area (Å²) in [7, 11) is 0. The molecule has 2 aliphatic rings. The maximum absolute atomic E-state index is 5.21. The van der Waals surface area contributed by atoms with E-state index < -0.39 is 0 Å². The van der Waals surface area contributed by atoms with Gasteiger partial charge in [0.25, 0.3) is 0 Å². The van der Waals surface area contributed by atoms with Crippen LogP contribution in [-0.2, 0) is 6.54 Å². The fraction of sp³-hybridized carbons (Fsp3) is 0.769. The molecule has 1 aromatic heterocycles. The monoisotopic (exact) mass is 235 g/mol. The van der Waals surface area contributed by atoms with Gasteiger partial charge < -0.3 is 4.52 Å². The highest BCUT2D eigenvalue weighted by Gasteiger charge is 2.27. The van der Waals surface area contributed by atoms with Crippen molar-refractivity contribution in [2.45, 2.75) is 38.3 Å². The molecule has 94 valence electrons. The second-order valence-corrected chi connectivity index (χ2v) is 5.25. The van der Waals surface area contributed by atoms with Crippen LogP contribution in [0.3, 0.4) is 0 Å². The fourth-order valence-electron chi connectivity index (χ4n) is 3.14. The first-order valence-corrected chi connectivity index (χ1v) is 6.78. The van der Waals surface area contributed by atoms with Crippen molar-refractivity contribution < 1.29 is 4.52 Å². The first-order chi connectivity index (χ1) is 8.42. The number of nitrogens with zero attached hydrogens (tertiary/aromatic N) is 3. The number of hydrogen-bond acceptors (Lipinski definition) is 4. The van der Waals surface area contributed by atoms with E-state index in [2.05, 4.69) is 15.0 Å². The molecule has 0 aromatic carbocycles. The van der Waals surface area contributed by atoms with Crippen LogP contribution in [0, 0.1) is 0 Å². The van der Waals surface area contributed by atoms with Crippen LogP contribution in [0.15, 0.2) is 16.8 Å². The number of piperidine rings is 1. The van der Waals surface area contributed by atoms with Gasteiger partial charge in [-0.1, -0.05) is 11.6 Å². The first-order valence-electron chi connectivity index (χ1n) is 6.78. The Morgan fingerprint density at radius 2 is 2.18 bits per heavy atom. The van der Waals surface area contributed by atoms with Gasteiger partial charge in [-0.05, 0) is 38.9 Å². The minimum Gasteiger partial charge on any atom is -0.360 e. The van der Waals surface area contributed by atoms with Gasteiger partial charge in [-0.25, -0.2) is 0 Å². The number of aromatic nitrogens is 1. The Balaban J connectivity index is 1.62. The maximum Gasteiger partial charge on any atom is 0.150 e. The van der Waals surface area contributed by atoms with Crippen LogP contribution >= 0.6 is 0 Å². The van der Waals surface area contributed by atoms with E-state index in [0.29, 0.717) is 0 Å². The van der Waals surface area contributed by atoms with Crippen molar-refractivity contribution >= 4 is 0 Å². The smallest absolute Gasteiger partial charge is 0.150 e. The Hall–Kier alpha value is -0.870. The van der Waals surface area contributed by atoms with E-state index in [1.165, 1.54) is 51.9 Å². The highest BCUT2D eigenvalue weighted by Crippen LogP contribution is 2.21. The van der Waals surface area contributed by atoms with Crippen LogP contribution in [-0.4, -0.2) is 47.2 Å². The zero-order valence-corrected chi connectivity index (χ0v) is 10.3. The summed E-state index contributed by atoms with van der Waals surface area (Å²) >= 11 is 0. The summed E-state index contributed by atoms with van der Waals surface area (Å²) in [6.07, 6.45) is 7.17. The Kier molecular flexibility index (Phi) is 3.43. The molecular weight excluding hydrogens is 214 g/mol. The lowest BCUT2D eigenvalue weighted by Crippen LogP contribution is -2.43. The lowest BCUT2D eigenvalue weighted by atomic mass is 10.0. The van der Waals surface area contributed by atoms with Crippen molar-refractivity contribution in [1.29, 1.82) is 0 Å². The third-order valence-electron chi connectivity index (χ3n) is 4.01. The van der Waals surface area contributed by atoms with Crippen LogP contribution in [0.5, 0.6) is 0 Å². The van der Waals surface area contributed by atoms with Crippen LogP contribution in [0.2, 0.25) is 0 Å². The minimum atomic E-state index is 0.772. The van der Waals surface area contributed by atoms with Gasteiger partial charge in [-0.15, -0.1) is 0 Å². The van der Waals surface area contributed by atoms with E-state index in [4.69, 9.17) is 4.52 Å². The van der Waals surface area contributed by atoms with E-state index in [0.717, 1.165) is 18.3 Å². The summed E-state index contributed by atoms with van der Waals surface area (Å²) < 4.78 is 5.21. The predicted octanol–water partition coefficient (Wildman–Crippen LogP) is 1.73. The summed E-state index contributed by atoms with van der Waals surface area (Å²) in [4.78, 5) is 5.21. The predicted molar refractivity (Wildman–Crippen MR) is 65.6 cm³/mol. The van der Waals surface area contributed by atoms with E-state index in [1.54, 1.807) is 6.20 Å². The van der Waals surface area contributed by atoms with Gasteiger partial charge in [-0.3, -0.25) is 9.80 Å². The van der Waals surface area contributed by atoms with Gasteiger partial charge in [-0.2, -0.15) is 0 Å².